The number of hydrogen-bond acceptors (Lipinski definition) is 2. The molecule has 0 aromatic heterocycles. The van der Waals surface area contributed by atoms with Crippen LogP contribution in [0.1, 0.15) is 24.0 Å². The molecule has 1 aromatic rings. The van der Waals surface area contributed by atoms with Crippen molar-refractivity contribution in [3.8, 4) is 0 Å². The van der Waals surface area contributed by atoms with Gasteiger partial charge in [0.25, 0.3) is 0 Å². The normalized spacial score (nSPS) is 21.5. The van der Waals surface area contributed by atoms with Crippen molar-refractivity contribution in [2.45, 2.75) is 26.2 Å². The number of carboxylic acid groups (broad SMARTS) is 1. The molecule has 0 saturated carbocycles. The molecule has 1 heterocycles. The topological polar surface area (TPSA) is 46.5 Å². The Morgan fingerprint density at radius 3 is 3.00 bits per heavy atom. The molecule has 2 atom stereocenters. The third kappa shape index (κ3) is 3.33. The van der Waals surface area contributed by atoms with Gasteiger partial charge in [0, 0.05) is 6.61 Å². The Balaban J connectivity index is 2.08. The minimum absolute atomic E-state index is 0.150. The lowest BCUT2D eigenvalue weighted by Gasteiger charge is -2.27. The van der Waals surface area contributed by atoms with Crippen molar-refractivity contribution < 1.29 is 14.6 Å². The summed E-state index contributed by atoms with van der Waals surface area (Å²) in [5.74, 6) is -0.879. The number of aliphatic carboxylic acids is 1. The van der Waals surface area contributed by atoms with Gasteiger partial charge in [0.2, 0.25) is 0 Å². The molecular weight excluding hydrogens is 228 g/mol. The molecule has 0 aliphatic carbocycles. The summed E-state index contributed by atoms with van der Waals surface area (Å²) in [4.78, 5) is 11.4. The summed E-state index contributed by atoms with van der Waals surface area (Å²) in [7, 11) is 0. The van der Waals surface area contributed by atoms with E-state index in [-0.39, 0.29) is 11.8 Å². The fourth-order valence-corrected chi connectivity index (χ4v) is 2.63. The largest absolute Gasteiger partial charge is 0.481 e. The maximum absolute atomic E-state index is 11.4. The van der Waals surface area contributed by atoms with E-state index in [2.05, 4.69) is 6.07 Å². The van der Waals surface area contributed by atoms with Crippen LogP contribution in [0.4, 0.5) is 0 Å². The van der Waals surface area contributed by atoms with Gasteiger partial charge in [-0.3, -0.25) is 4.79 Å². The molecule has 3 nitrogen and oxygen atoms in total. The second-order valence-corrected chi connectivity index (χ2v) is 5.12. The van der Waals surface area contributed by atoms with Gasteiger partial charge in [-0.05, 0) is 37.7 Å². The van der Waals surface area contributed by atoms with Crippen molar-refractivity contribution >= 4 is 5.97 Å². The van der Waals surface area contributed by atoms with E-state index in [9.17, 15) is 9.90 Å². The van der Waals surface area contributed by atoms with E-state index < -0.39 is 5.97 Å². The molecule has 0 bridgehead atoms. The number of aryl methyl sites for hydroxylation is 1. The highest BCUT2D eigenvalue weighted by Gasteiger charge is 2.29. The molecule has 1 N–H and O–H groups in total. The maximum atomic E-state index is 11.4. The van der Waals surface area contributed by atoms with Crippen LogP contribution >= 0.6 is 0 Å². The third-order valence-electron chi connectivity index (χ3n) is 3.62. The van der Waals surface area contributed by atoms with E-state index in [1.165, 1.54) is 5.56 Å². The molecule has 2 rings (SSSR count). The van der Waals surface area contributed by atoms with Crippen molar-refractivity contribution in [3.63, 3.8) is 0 Å². The van der Waals surface area contributed by atoms with E-state index in [0.29, 0.717) is 13.0 Å². The van der Waals surface area contributed by atoms with Crippen molar-refractivity contribution in [1.82, 2.24) is 0 Å². The standard InChI is InChI=1S/C15H20O3/c1-11-4-2-5-12(8-11)9-14(15(16)17)13-6-3-7-18-10-13/h2,4-5,8,13-14H,3,6-7,9-10H2,1H3,(H,16,17). The first-order valence-corrected chi connectivity index (χ1v) is 6.53. The molecule has 2 unspecified atom stereocenters. The summed E-state index contributed by atoms with van der Waals surface area (Å²) in [5.41, 5.74) is 2.28. The molecule has 1 fully saturated rings. The zero-order valence-corrected chi connectivity index (χ0v) is 10.8. The molecule has 1 saturated heterocycles. The van der Waals surface area contributed by atoms with Crippen LogP contribution < -0.4 is 0 Å². The van der Waals surface area contributed by atoms with Crippen LogP contribution in [0.2, 0.25) is 0 Å². The first-order valence-electron chi connectivity index (χ1n) is 6.53. The molecule has 3 heteroatoms. The minimum Gasteiger partial charge on any atom is -0.481 e. The predicted molar refractivity (Wildman–Crippen MR) is 69.6 cm³/mol. The van der Waals surface area contributed by atoms with Gasteiger partial charge >= 0.3 is 5.97 Å². The summed E-state index contributed by atoms with van der Waals surface area (Å²) >= 11 is 0. The third-order valence-corrected chi connectivity index (χ3v) is 3.62. The van der Waals surface area contributed by atoms with E-state index in [1.54, 1.807) is 0 Å². The van der Waals surface area contributed by atoms with Gasteiger partial charge in [0.15, 0.2) is 0 Å². The van der Waals surface area contributed by atoms with E-state index in [4.69, 9.17) is 4.74 Å². The first-order chi connectivity index (χ1) is 8.66. The van der Waals surface area contributed by atoms with Crippen LogP contribution in [-0.4, -0.2) is 24.3 Å². The molecule has 0 amide bonds. The summed E-state index contributed by atoms with van der Waals surface area (Å²) < 4.78 is 5.41. The number of carboxylic acids is 1. The highest BCUT2D eigenvalue weighted by atomic mass is 16.5. The second-order valence-electron chi connectivity index (χ2n) is 5.12. The van der Waals surface area contributed by atoms with Crippen LogP contribution in [0.5, 0.6) is 0 Å². The number of carbonyl (C=O) groups is 1. The zero-order chi connectivity index (χ0) is 13.0. The molecular formula is C15H20O3. The SMILES string of the molecule is Cc1cccc(CC(C(=O)O)C2CCCOC2)c1. The van der Waals surface area contributed by atoms with Crippen LogP contribution in [-0.2, 0) is 16.0 Å². The number of rotatable bonds is 4. The highest BCUT2D eigenvalue weighted by Crippen LogP contribution is 2.26. The van der Waals surface area contributed by atoms with Gasteiger partial charge in [0.05, 0.1) is 12.5 Å². The Morgan fingerprint density at radius 1 is 1.56 bits per heavy atom. The van der Waals surface area contributed by atoms with Crippen LogP contribution in [0.3, 0.4) is 0 Å². The van der Waals surface area contributed by atoms with Crippen molar-refractivity contribution in [2.75, 3.05) is 13.2 Å². The monoisotopic (exact) mass is 248 g/mol. The molecule has 1 aromatic carbocycles. The predicted octanol–water partition coefficient (Wildman–Crippen LogP) is 2.66. The molecule has 0 spiro atoms. The van der Waals surface area contributed by atoms with Gasteiger partial charge in [-0.25, -0.2) is 0 Å². The van der Waals surface area contributed by atoms with Crippen LogP contribution in [0.25, 0.3) is 0 Å². The van der Waals surface area contributed by atoms with E-state index >= 15 is 0 Å². The molecule has 98 valence electrons. The molecule has 18 heavy (non-hydrogen) atoms. The zero-order valence-electron chi connectivity index (χ0n) is 10.8. The second kappa shape index (κ2) is 6.01. The van der Waals surface area contributed by atoms with Crippen LogP contribution in [0.15, 0.2) is 24.3 Å². The Labute approximate surface area is 108 Å². The summed E-state index contributed by atoms with van der Waals surface area (Å²) in [6, 6.07) is 8.09. The Kier molecular flexibility index (Phi) is 4.37. The van der Waals surface area contributed by atoms with Gasteiger partial charge in [-0.1, -0.05) is 29.8 Å². The van der Waals surface area contributed by atoms with Crippen molar-refractivity contribution in [2.24, 2.45) is 11.8 Å². The lowest BCUT2D eigenvalue weighted by Crippen LogP contribution is -2.32. The summed E-state index contributed by atoms with van der Waals surface area (Å²) in [5, 5.41) is 9.40. The maximum Gasteiger partial charge on any atom is 0.307 e. The van der Waals surface area contributed by atoms with Gasteiger partial charge in [-0.15, -0.1) is 0 Å². The average molecular weight is 248 g/mol. The Bertz CT molecular complexity index is 408. The first kappa shape index (κ1) is 13.1. The van der Waals surface area contributed by atoms with Gasteiger partial charge in [0.1, 0.15) is 0 Å². The van der Waals surface area contributed by atoms with Crippen molar-refractivity contribution in [3.05, 3.63) is 35.4 Å². The summed E-state index contributed by atoms with van der Waals surface area (Å²) in [6.45, 7) is 3.39. The summed E-state index contributed by atoms with van der Waals surface area (Å²) in [6.07, 6.45) is 2.54. The minimum atomic E-state index is -0.702. The number of hydrogen-bond donors (Lipinski definition) is 1. The molecule has 1 aliphatic heterocycles. The highest BCUT2D eigenvalue weighted by molar-refractivity contribution is 5.70. The lowest BCUT2D eigenvalue weighted by atomic mass is 9.83. The smallest absolute Gasteiger partial charge is 0.307 e. The van der Waals surface area contributed by atoms with Gasteiger partial charge in [-0.2, -0.15) is 0 Å². The van der Waals surface area contributed by atoms with E-state index in [0.717, 1.165) is 25.0 Å². The van der Waals surface area contributed by atoms with Crippen molar-refractivity contribution in [1.29, 1.82) is 0 Å². The average Bonchev–Trinajstić information content (AvgIpc) is 2.37. The molecule has 0 radical (unpaired) electrons. The fraction of sp³-hybridized carbons (Fsp3) is 0.533. The quantitative estimate of drug-likeness (QED) is 0.891. The van der Waals surface area contributed by atoms with E-state index in [1.807, 2.05) is 25.1 Å². The Morgan fingerprint density at radius 2 is 2.39 bits per heavy atom. The Hall–Kier alpha value is -1.35. The molecule has 1 aliphatic rings. The fourth-order valence-electron chi connectivity index (χ4n) is 2.63. The van der Waals surface area contributed by atoms with Crippen LogP contribution in [0, 0.1) is 18.8 Å². The lowest BCUT2D eigenvalue weighted by molar-refractivity contribution is -0.145. The number of benzene rings is 1. The number of ether oxygens (including phenoxy) is 1. The van der Waals surface area contributed by atoms with Gasteiger partial charge < -0.3 is 9.84 Å².